The number of ether oxygens (including phenoxy) is 1. The highest BCUT2D eigenvalue weighted by atomic mass is 35.5. The Hall–Kier alpha value is -3.32. The molecule has 0 aliphatic carbocycles. The summed E-state index contributed by atoms with van der Waals surface area (Å²) < 4.78 is 5.26. The second-order valence-corrected chi connectivity index (χ2v) is 7.77. The largest absolute Gasteiger partial charge is 0.463 e. The van der Waals surface area contributed by atoms with E-state index in [0.29, 0.717) is 39.7 Å². The number of halogens is 1. The van der Waals surface area contributed by atoms with E-state index in [2.05, 4.69) is 10.6 Å². The minimum absolute atomic E-state index is 0.236. The maximum atomic E-state index is 12.7. The van der Waals surface area contributed by atoms with Gasteiger partial charge in [0.1, 0.15) is 0 Å². The van der Waals surface area contributed by atoms with E-state index in [1.165, 1.54) is 0 Å². The molecule has 7 nitrogen and oxygen atoms in total. The van der Waals surface area contributed by atoms with Gasteiger partial charge in [0.25, 0.3) is 5.91 Å². The van der Waals surface area contributed by atoms with Gasteiger partial charge in [-0.15, -0.1) is 0 Å². The molecule has 0 aromatic heterocycles. The fraction of sp³-hybridized carbons (Fsp3) is 0.292. The number of rotatable bonds is 7. The summed E-state index contributed by atoms with van der Waals surface area (Å²) in [4.78, 5) is 39.4. The molecule has 1 aliphatic rings. The first kappa shape index (κ1) is 23.3. The number of hydrogen-bond donors (Lipinski definition) is 2. The quantitative estimate of drug-likeness (QED) is 0.581. The van der Waals surface area contributed by atoms with Crippen LogP contribution in [-0.4, -0.2) is 36.0 Å². The Kier molecular flexibility index (Phi) is 7.53. The van der Waals surface area contributed by atoms with Crippen LogP contribution in [0.3, 0.4) is 0 Å². The molecule has 0 fully saturated rings. The van der Waals surface area contributed by atoms with Crippen molar-refractivity contribution in [1.29, 1.82) is 0 Å². The van der Waals surface area contributed by atoms with Crippen molar-refractivity contribution in [3.8, 4) is 0 Å². The number of carbonyl (C=O) groups is 3. The first-order valence-electron chi connectivity index (χ1n) is 10.5. The summed E-state index contributed by atoms with van der Waals surface area (Å²) in [7, 11) is 0. The van der Waals surface area contributed by atoms with Crippen LogP contribution in [-0.2, 0) is 9.53 Å². The lowest BCUT2D eigenvalue weighted by atomic mass is 9.94. The number of nitrogens with one attached hydrogen (secondary N) is 2. The molecule has 3 amide bonds. The Morgan fingerprint density at radius 2 is 1.75 bits per heavy atom. The minimum atomic E-state index is -0.643. The maximum absolute atomic E-state index is 12.7. The van der Waals surface area contributed by atoms with E-state index >= 15 is 0 Å². The van der Waals surface area contributed by atoms with Gasteiger partial charge < -0.3 is 15.4 Å². The molecule has 0 bridgehead atoms. The molecule has 3 rings (SSSR count). The van der Waals surface area contributed by atoms with Crippen molar-refractivity contribution in [2.24, 2.45) is 0 Å². The number of urea groups is 1. The zero-order valence-electron chi connectivity index (χ0n) is 18.3. The van der Waals surface area contributed by atoms with Crippen molar-refractivity contribution in [2.45, 2.75) is 33.2 Å². The monoisotopic (exact) mass is 455 g/mol. The van der Waals surface area contributed by atoms with Gasteiger partial charge in [-0.1, -0.05) is 30.7 Å². The predicted molar refractivity (Wildman–Crippen MR) is 123 cm³/mol. The van der Waals surface area contributed by atoms with Gasteiger partial charge in [0.15, 0.2) is 0 Å². The molecular formula is C24H26ClN3O4. The average Bonchev–Trinajstić information content (AvgIpc) is 2.77. The Bertz CT molecular complexity index is 1030. The van der Waals surface area contributed by atoms with Gasteiger partial charge in [0.05, 0.1) is 18.2 Å². The molecular weight excluding hydrogens is 430 g/mol. The van der Waals surface area contributed by atoms with Crippen LogP contribution in [0, 0.1) is 0 Å². The summed E-state index contributed by atoms with van der Waals surface area (Å²) >= 11 is 5.87. The lowest BCUT2D eigenvalue weighted by molar-refractivity contribution is -0.139. The number of esters is 1. The third-order valence-electron chi connectivity index (χ3n) is 5.15. The first-order valence-corrected chi connectivity index (χ1v) is 10.9. The van der Waals surface area contributed by atoms with Crippen LogP contribution < -0.4 is 10.6 Å². The zero-order valence-corrected chi connectivity index (χ0v) is 19.0. The summed E-state index contributed by atoms with van der Waals surface area (Å²) in [5.41, 5.74) is 2.76. The van der Waals surface area contributed by atoms with Gasteiger partial charge in [-0.2, -0.15) is 0 Å². The van der Waals surface area contributed by atoms with Gasteiger partial charge >= 0.3 is 12.0 Å². The van der Waals surface area contributed by atoms with Gasteiger partial charge in [0, 0.05) is 28.5 Å². The van der Waals surface area contributed by atoms with Gasteiger partial charge in [-0.25, -0.2) is 9.59 Å². The molecule has 1 heterocycles. The summed E-state index contributed by atoms with van der Waals surface area (Å²) in [6.45, 7) is 6.21. The molecule has 0 saturated carbocycles. The number of carbonyl (C=O) groups excluding carboxylic acids is 3. The normalized spacial score (nSPS) is 15.9. The Balaban J connectivity index is 1.85. The highest BCUT2D eigenvalue weighted by molar-refractivity contribution is 6.30. The number of amides is 3. The van der Waals surface area contributed by atoms with Crippen LogP contribution in [0.2, 0.25) is 5.02 Å². The molecule has 1 aliphatic heterocycles. The van der Waals surface area contributed by atoms with E-state index in [-0.39, 0.29) is 18.5 Å². The molecule has 0 spiro atoms. The van der Waals surface area contributed by atoms with Crippen molar-refractivity contribution in [1.82, 2.24) is 10.2 Å². The van der Waals surface area contributed by atoms with Gasteiger partial charge in [-0.3, -0.25) is 9.69 Å². The van der Waals surface area contributed by atoms with Crippen molar-refractivity contribution in [3.05, 3.63) is 76.0 Å². The number of hydrogen-bond acceptors (Lipinski definition) is 4. The molecule has 0 saturated heterocycles. The smallest absolute Gasteiger partial charge is 0.338 e. The van der Waals surface area contributed by atoms with Crippen LogP contribution in [0.15, 0.2) is 59.8 Å². The van der Waals surface area contributed by atoms with E-state index in [1.54, 1.807) is 67.3 Å². The number of allylic oxidation sites excluding steroid dienone is 1. The minimum Gasteiger partial charge on any atom is -0.463 e. The Morgan fingerprint density at radius 1 is 1.09 bits per heavy atom. The molecule has 8 heteroatoms. The first-order chi connectivity index (χ1) is 15.3. The molecule has 0 unspecified atom stereocenters. The number of benzene rings is 2. The average molecular weight is 456 g/mol. The molecule has 2 N–H and O–H groups in total. The summed E-state index contributed by atoms with van der Waals surface area (Å²) in [5.74, 6) is -0.727. The van der Waals surface area contributed by atoms with E-state index in [9.17, 15) is 14.4 Å². The third-order valence-corrected chi connectivity index (χ3v) is 5.40. The lowest BCUT2D eigenvalue weighted by Gasteiger charge is -2.35. The highest BCUT2D eigenvalue weighted by Gasteiger charge is 2.36. The Labute approximate surface area is 192 Å². The highest BCUT2D eigenvalue weighted by Crippen LogP contribution is 2.32. The zero-order chi connectivity index (χ0) is 23.3. The Morgan fingerprint density at radius 3 is 2.34 bits per heavy atom. The van der Waals surface area contributed by atoms with E-state index in [1.807, 2.05) is 6.92 Å². The van der Waals surface area contributed by atoms with E-state index < -0.39 is 12.0 Å². The summed E-state index contributed by atoms with van der Waals surface area (Å²) in [5, 5.41) is 6.28. The predicted octanol–water partition coefficient (Wildman–Crippen LogP) is 4.91. The third kappa shape index (κ3) is 5.11. The second-order valence-electron chi connectivity index (χ2n) is 7.34. The SMILES string of the molecule is CCCN1C(=O)N[C@H](c2ccc(NC(=O)c3ccc(Cl)cc3)cc2)C(C(=O)OCC)=C1C. The standard InChI is InChI=1S/C24H26ClN3O4/c1-4-14-28-15(3)20(23(30)32-5-2)21(27-24(28)31)16-8-12-19(13-9-16)26-22(29)17-6-10-18(25)11-7-17/h6-13,21H,4-5,14H2,1-3H3,(H,26,29)(H,27,31)/t21-/m1/s1. The number of anilines is 1. The molecule has 32 heavy (non-hydrogen) atoms. The molecule has 1 atom stereocenters. The molecule has 0 radical (unpaired) electrons. The van der Waals surface area contributed by atoms with Crippen LogP contribution in [0.4, 0.5) is 10.5 Å². The van der Waals surface area contributed by atoms with Gasteiger partial charge in [0.2, 0.25) is 0 Å². The molecule has 2 aromatic rings. The summed E-state index contributed by atoms with van der Waals surface area (Å²) in [6, 6.07) is 12.7. The number of nitrogens with zero attached hydrogens (tertiary/aromatic N) is 1. The topological polar surface area (TPSA) is 87.7 Å². The maximum Gasteiger partial charge on any atom is 0.338 e. The van der Waals surface area contributed by atoms with Crippen molar-refractivity contribution >= 4 is 35.2 Å². The second kappa shape index (κ2) is 10.3. The molecule has 2 aromatic carbocycles. The van der Waals surface area contributed by atoms with Crippen LogP contribution in [0.1, 0.15) is 49.2 Å². The molecule has 168 valence electrons. The van der Waals surface area contributed by atoms with E-state index in [4.69, 9.17) is 16.3 Å². The summed E-state index contributed by atoms with van der Waals surface area (Å²) in [6.07, 6.45) is 0.757. The van der Waals surface area contributed by atoms with Crippen molar-refractivity contribution in [3.63, 3.8) is 0 Å². The fourth-order valence-electron chi connectivity index (χ4n) is 3.56. The van der Waals surface area contributed by atoms with Crippen LogP contribution >= 0.6 is 11.6 Å². The lowest BCUT2D eigenvalue weighted by Crippen LogP contribution is -2.48. The van der Waals surface area contributed by atoms with Crippen LogP contribution in [0.25, 0.3) is 0 Å². The van der Waals surface area contributed by atoms with Crippen molar-refractivity contribution in [2.75, 3.05) is 18.5 Å². The van der Waals surface area contributed by atoms with Crippen molar-refractivity contribution < 1.29 is 19.1 Å². The van der Waals surface area contributed by atoms with Gasteiger partial charge in [-0.05, 0) is 62.2 Å². The fourth-order valence-corrected chi connectivity index (χ4v) is 3.69. The van der Waals surface area contributed by atoms with Crippen LogP contribution in [0.5, 0.6) is 0 Å². The van der Waals surface area contributed by atoms with E-state index in [0.717, 1.165) is 6.42 Å².